The number of amides is 1. The van der Waals surface area contributed by atoms with Gasteiger partial charge in [-0.15, -0.1) is 0 Å². The summed E-state index contributed by atoms with van der Waals surface area (Å²) in [7, 11) is 1.95. The van der Waals surface area contributed by atoms with Gasteiger partial charge < -0.3 is 19.8 Å². The minimum atomic E-state index is -0.958. The number of carboxylic acids is 1. The maximum atomic E-state index is 13.6. The molecule has 0 saturated heterocycles. The highest BCUT2D eigenvalue weighted by Gasteiger charge is 2.34. The SMILES string of the molecule is C[C@@H]1CN([C@@H](C)CO)C(=O)c2cc(/C=C/c3ccccc3)cnc2O[C@H]1CN(C)Cc1cccc(C(=O)O)c1. The quantitative estimate of drug-likeness (QED) is 0.426. The molecule has 1 aliphatic heterocycles. The number of hydrogen-bond donors (Lipinski definition) is 2. The average Bonchev–Trinajstić information content (AvgIpc) is 2.94. The average molecular weight is 530 g/mol. The molecule has 0 spiro atoms. The molecule has 1 aromatic heterocycles. The summed E-state index contributed by atoms with van der Waals surface area (Å²) < 4.78 is 6.39. The molecule has 3 aromatic rings. The first-order valence-corrected chi connectivity index (χ1v) is 13.1. The molecule has 1 amide bonds. The lowest BCUT2D eigenvalue weighted by atomic mass is 9.99. The van der Waals surface area contributed by atoms with Gasteiger partial charge in [0.2, 0.25) is 5.88 Å². The molecule has 0 aliphatic carbocycles. The van der Waals surface area contributed by atoms with Gasteiger partial charge in [-0.25, -0.2) is 9.78 Å². The van der Waals surface area contributed by atoms with Gasteiger partial charge in [0, 0.05) is 31.7 Å². The number of fused-ring (bicyclic) bond motifs is 1. The molecular formula is C31H35N3O5. The fourth-order valence-corrected chi connectivity index (χ4v) is 4.67. The monoisotopic (exact) mass is 529 g/mol. The van der Waals surface area contributed by atoms with Crippen molar-refractivity contribution in [2.75, 3.05) is 26.7 Å². The highest BCUT2D eigenvalue weighted by molar-refractivity contribution is 5.97. The lowest BCUT2D eigenvalue weighted by Gasteiger charge is -2.37. The van der Waals surface area contributed by atoms with Crippen LogP contribution < -0.4 is 4.74 Å². The third kappa shape index (κ3) is 7.10. The second-order valence-electron chi connectivity index (χ2n) is 10.2. The number of aliphatic hydroxyl groups excluding tert-OH is 1. The van der Waals surface area contributed by atoms with Crippen molar-refractivity contribution in [3.8, 4) is 5.88 Å². The number of carbonyl (C=O) groups excluding carboxylic acids is 1. The first kappa shape index (κ1) is 28.0. The maximum Gasteiger partial charge on any atom is 0.335 e. The van der Waals surface area contributed by atoms with Crippen LogP contribution >= 0.6 is 0 Å². The van der Waals surface area contributed by atoms with E-state index in [1.807, 2.05) is 69.4 Å². The Kier molecular flexibility index (Phi) is 9.11. The molecule has 0 unspecified atom stereocenters. The number of rotatable bonds is 9. The van der Waals surface area contributed by atoms with Crippen LogP contribution in [0.1, 0.15) is 51.3 Å². The Hall–Kier alpha value is -4.01. The van der Waals surface area contributed by atoms with E-state index < -0.39 is 5.97 Å². The zero-order chi connectivity index (χ0) is 27.9. The molecule has 1 aliphatic rings. The minimum absolute atomic E-state index is 0.0524. The highest BCUT2D eigenvalue weighted by atomic mass is 16.5. The Morgan fingerprint density at radius 2 is 1.90 bits per heavy atom. The summed E-state index contributed by atoms with van der Waals surface area (Å²) in [5.41, 5.74) is 3.30. The Labute approximate surface area is 229 Å². The Balaban J connectivity index is 1.60. The molecule has 0 saturated carbocycles. The van der Waals surface area contributed by atoms with Crippen molar-refractivity contribution < 1.29 is 24.5 Å². The zero-order valence-electron chi connectivity index (χ0n) is 22.5. The number of ether oxygens (including phenoxy) is 1. The van der Waals surface area contributed by atoms with E-state index in [0.717, 1.165) is 16.7 Å². The topological polar surface area (TPSA) is 103 Å². The molecule has 2 N–H and O–H groups in total. The van der Waals surface area contributed by atoms with E-state index in [1.165, 1.54) is 0 Å². The van der Waals surface area contributed by atoms with Crippen LogP contribution in [-0.4, -0.2) is 75.8 Å². The summed E-state index contributed by atoms with van der Waals surface area (Å²) in [6.07, 6.45) is 5.27. The molecule has 3 atom stereocenters. The number of carbonyl (C=O) groups is 2. The number of pyridine rings is 1. The summed E-state index contributed by atoms with van der Waals surface area (Å²) in [4.78, 5) is 33.3. The van der Waals surface area contributed by atoms with Gasteiger partial charge in [0.25, 0.3) is 5.91 Å². The predicted octanol–water partition coefficient (Wildman–Crippen LogP) is 4.30. The molecular weight excluding hydrogens is 494 g/mol. The molecule has 0 bridgehead atoms. The normalized spacial score (nSPS) is 18.4. The van der Waals surface area contributed by atoms with Gasteiger partial charge in [-0.2, -0.15) is 0 Å². The molecule has 8 heteroatoms. The van der Waals surface area contributed by atoms with Gasteiger partial charge in [0.1, 0.15) is 11.7 Å². The van der Waals surface area contributed by atoms with Crippen LogP contribution in [0.2, 0.25) is 0 Å². The van der Waals surface area contributed by atoms with Crippen molar-refractivity contribution in [1.82, 2.24) is 14.8 Å². The van der Waals surface area contributed by atoms with E-state index in [1.54, 1.807) is 35.4 Å². The van der Waals surface area contributed by atoms with Crippen LogP contribution in [0, 0.1) is 5.92 Å². The van der Waals surface area contributed by atoms with Crippen molar-refractivity contribution in [1.29, 1.82) is 0 Å². The van der Waals surface area contributed by atoms with Crippen molar-refractivity contribution in [3.63, 3.8) is 0 Å². The molecule has 39 heavy (non-hydrogen) atoms. The number of hydrogen-bond acceptors (Lipinski definition) is 6. The molecule has 2 aromatic carbocycles. The first-order chi connectivity index (χ1) is 18.7. The number of likely N-dealkylation sites (N-methyl/N-ethyl adjacent to an activating group) is 1. The molecule has 0 radical (unpaired) electrons. The van der Waals surface area contributed by atoms with Crippen molar-refractivity contribution >= 4 is 24.0 Å². The van der Waals surface area contributed by atoms with E-state index >= 15 is 0 Å². The van der Waals surface area contributed by atoms with E-state index in [-0.39, 0.29) is 42.0 Å². The van der Waals surface area contributed by atoms with Crippen LogP contribution in [0.25, 0.3) is 12.2 Å². The maximum absolute atomic E-state index is 13.6. The summed E-state index contributed by atoms with van der Waals surface area (Å²) in [5, 5.41) is 19.2. The van der Waals surface area contributed by atoms with Gasteiger partial charge >= 0.3 is 5.97 Å². The first-order valence-electron chi connectivity index (χ1n) is 13.1. The number of aromatic nitrogens is 1. The fraction of sp³-hybridized carbons (Fsp3) is 0.323. The number of aromatic carboxylic acids is 1. The van der Waals surface area contributed by atoms with E-state index in [0.29, 0.717) is 25.2 Å². The minimum Gasteiger partial charge on any atom is -0.478 e. The fourth-order valence-electron chi connectivity index (χ4n) is 4.67. The van der Waals surface area contributed by atoms with E-state index in [9.17, 15) is 19.8 Å². The summed E-state index contributed by atoms with van der Waals surface area (Å²) in [6.45, 7) is 5.18. The van der Waals surface area contributed by atoms with Gasteiger partial charge in [0.05, 0.1) is 18.2 Å². The summed E-state index contributed by atoms with van der Waals surface area (Å²) >= 11 is 0. The standard InChI is InChI=1S/C31H35N3O5/c1-21-17-34(22(2)20-35)30(36)27-15-24(13-12-23-8-5-4-6-9-23)16-32-29(27)39-28(21)19-33(3)18-25-10-7-11-26(14-25)31(37)38/h4-16,21-22,28,35H,17-20H2,1-3H3,(H,37,38)/b13-12+/t21-,22+,28+/m1/s1. The van der Waals surface area contributed by atoms with Gasteiger partial charge in [0.15, 0.2) is 0 Å². The molecule has 0 fully saturated rings. The van der Waals surface area contributed by atoms with Gasteiger partial charge in [-0.05, 0) is 48.9 Å². The number of benzene rings is 2. The molecule has 204 valence electrons. The lowest BCUT2D eigenvalue weighted by molar-refractivity contribution is 0.0325. The van der Waals surface area contributed by atoms with Crippen molar-refractivity contribution in [2.24, 2.45) is 5.92 Å². The number of carboxylic acid groups (broad SMARTS) is 1. The van der Waals surface area contributed by atoms with Crippen LogP contribution in [-0.2, 0) is 6.54 Å². The van der Waals surface area contributed by atoms with Crippen molar-refractivity contribution in [2.45, 2.75) is 32.5 Å². The van der Waals surface area contributed by atoms with E-state index in [2.05, 4.69) is 9.88 Å². The van der Waals surface area contributed by atoms with Gasteiger partial charge in [-0.1, -0.05) is 61.5 Å². The largest absolute Gasteiger partial charge is 0.478 e. The van der Waals surface area contributed by atoms with Gasteiger partial charge in [-0.3, -0.25) is 9.69 Å². The Morgan fingerprint density at radius 3 is 2.62 bits per heavy atom. The number of nitrogens with zero attached hydrogens (tertiary/aromatic N) is 3. The molecule has 4 rings (SSSR count). The van der Waals surface area contributed by atoms with Crippen LogP contribution in [0.15, 0.2) is 66.9 Å². The zero-order valence-corrected chi connectivity index (χ0v) is 22.5. The lowest BCUT2D eigenvalue weighted by Crippen LogP contribution is -2.49. The van der Waals surface area contributed by atoms with Crippen molar-refractivity contribution in [3.05, 3.63) is 94.7 Å². The number of aliphatic hydroxyl groups is 1. The Bertz CT molecular complexity index is 1330. The second-order valence-corrected chi connectivity index (χ2v) is 10.2. The smallest absolute Gasteiger partial charge is 0.335 e. The highest BCUT2D eigenvalue weighted by Crippen LogP contribution is 2.28. The molecule has 8 nitrogen and oxygen atoms in total. The third-order valence-electron chi connectivity index (χ3n) is 6.93. The third-order valence-corrected chi connectivity index (χ3v) is 6.93. The second kappa shape index (κ2) is 12.7. The molecule has 2 heterocycles. The van der Waals surface area contributed by atoms with Crippen LogP contribution in [0.4, 0.5) is 0 Å². The summed E-state index contributed by atoms with van der Waals surface area (Å²) in [6, 6.07) is 18.2. The predicted molar refractivity (Wildman–Crippen MR) is 151 cm³/mol. The van der Waals surface area contributed by atoms with Crippen LogP contribution in [0.3, 0.4) is 0 Å². The van der Waals surface area contributed by atoms with Crippen LogP contribution in [0.5, 0.6) is 5.88 Å². The van der Waals surface area contributed by atoms with E-state index in [4.69, 9.17) is 4.74 Å². The Morgan fingerprint density at radius 1 is 1.15 bits per heavy atom. The summed E-state index contributed by atoms with van der Waals surface area (Å²) in [5.74, 6) is -0.966.